The molecule has 0 spiro atoms. The minimum absolute atomic E-state index is 0.0672. The van der Waals surface area contributed by atoms with Crippen molar-refractivity contribution >= 4 is 10.0 Å². The summed E-state index contributed by atoms with van der Waals surface area (Å²) >= 11 is 0. The summed E-state index contributed by atoms with van der Waals surface area (Å²) in [5, 5.41) is 0. The molecule has 0 N–H and O–H groups in total. The second kappa shape index (κ2) is 8.05. The maximum absolute atomic E-state index is 13.1. The Morgan fingerprint density at radius 2 is 1.84 bits per heavy atom. The first-order chi connectivity index (χ1) is 12.1. The molecule has 134 valence electrons. The summed E-state index contributed by atoms with van der Waals surface area (Å²) in [4.78, 5) is 0.0672. The number of hydrogen-bond acceptors (Lipinski definition) is 4. The third-order valence-electron chi connectivity index (χ3n) is 3.98. The average Bonchev–Trinajstić information content (AvgIpc) is 2.87. The molecule has 1 heterocycles. The van der Waals surface area contributed by atoms with Gasteiger partial charge in [-0.1, -0.05) is 30.3 Å². The highest BCUT2D eigenvalue weighted by molar-refractivity contribution is 7.89. The van der Waals surface area contributed by atoms with Crippen LogP contribution in [-0.2, 0) is 26.1 Å². The standard InChI is InChI=1S/C18H20FNO4S/c19-16-6-8-18(9-7-16)25(21,22)20-10-11-23-14-17(12-20)24-13-15-4-2-1-3-5-15/h1-9,17H,10-14H2/t17-/m1/s1. The zero-order chi connectivity index (χ0) is 17.7. The Kier molecular flexibility index (Phi) is 5.80. The van der Waals surface area contributed by atoms with Gasteiger partial charge in [0.25, 0.3) is 0 Å². The van der Waals surface area contributed by atoms with E-state index in [9.17, 15) is 12.8 Å². The molecule has 0 aromatic heterocycles. The topological polar surface area (TPSA) is 55.8 Å². The van der Waals surface area contributed by atoms with Crippen molar-refractivity contribution in [3.63, 3.8) is 0 Å². The molecule has 0 aliphatic carbocycles. The van der Waals surface area contributed by atoms with Gasteiger partial charge in [-0.2, -0.15) is 4.31 Å². The number of sulfonamides is 1. The third-order valence-corrected chi connectivity index (χ3v) is 5.86. The molecule has 25 heavy (non-hydrogen) atoms. The summed E-state index contributed by atoms with van der Waals surface area (Å²) in [5.41, 5.74) is 1.01. The number of halogens is 1. The third kappa shape index (κ3) is 4.64. The monoisotopic (exact) mass is 365 g/mol. The molecule has 2 aromatic carbocycles. The summed E-state index contributed by atoms with van der Waals surface area (Å²) in [6.07, 6.45) is -0.363. The lowest BCUT2D eigenvalue weighted by Crippen LogP contribution is -2.38. The van der Waals surface area contributed by atoms with Gasteiger partial charge in [-0.15, -0.1) is 0 Å². The molecule has 1 atom stereocenters. The van der Waals surface area contributed by atoms with Crippen LogP contribution >= 0.6 is 0 Å². The Hall–Kier alpha value is -1.80. The van der Waals surface area contributed by atoms with Crippen LogP contribution in [0, 0.1) is 5.82 Å². The molecule has 0 radical (unpaired) electrons. The fourth-order valence-electron chi connectivity index (χ4n) is 2.62. The number of ether oxygens (including phenoxy) is 2. The Balaban J connectivity index is 1.69. The molecule has 1 fully saturated rings. The summed E-state index contributed by atoms with van der Waals surface area (Å²) in [6.45, 7) is 1.46. The molecule has 0 saturated carbocycles. The average molecular weight is 365 g/mol. The zero-order valence-corrected chi connectivity index (χ0v) is 14.5. The smallest absolute Gasteiger partial charge is 0.243 e. The quantitative estimate of drug-likeness (QED) is 0.817. The Labute approximate surface area is 147 Å². The molecule has 0 unspecified atom stereocenters. The van der Waals surface area contributed by atoms with Crippen LogP contribution in [0.5, 0.6) is 0 Å². The van der Waals surface area contributed by atoms with E-state index in [1.165, 1.54) is 16.4 Å². The fourth-order valence-corrected chi connectivity index (χ4v) is 4.07. The van der Waals surface area contributed by atoms with Crippen molar-refractivity contribution in [2.75, 3.05) is 26.3 Å². The largest absolute Gasteiger partial charge is 0.377 e. The molecular formula is C18H20FNO4S. The zero-order valence-electron chi connectivity index (χ0n) is 13.7. The number of hydrogen-bond donors (Lipinski definition) is 0. The van der Waals surface area contributed by atoms with Gasteiger partial charge in [0, 0.05) is 13.1 Å². The first kappa shape index (κ1) is 18.0. The minimum atomic E-state index is -3.71. The minimum Gasteiger partial charge on any atom is -0.377 e. The molecule has 1 aliphatic heterocycles. The van der Waals surface area contributed by atoms with Gasteiger partial charge in [-0.05, 0) is 29.8 Å². The van der Waals surface area contributed by atoms with Crippen molar-refractivity contribution in [2.24, 2.45) is 0 Å². The van der Waals surface area contributed by atoms with Crippen molar-refractivity contribution < 1.29 is 22.3 Å². The van der Waals surface area contributed by atoms with Crippen LogP contribution in [-0.4, -0.2) is 45.1 Å². The molecule has 5 nitrogen and oxygen atoms in total. The molecule has 0 amide bonds. The highest BCUT2D eigenvalue weighted by atomic mass is 32.2. The molecule has 1 saturated heterocycles. The van der Waals surface area contributed by atoms with E-state index in [-0.39, 0.29) is 24.1 Å². The molecule has 2 aromatic rings. The summed E-state index contributed by atoms with van der Waals surface area (Å²) < 4.78 is 51.2. The van der Waals surface area contributed by atoms with Gasteiger partial charge < -0.3 is 9.47 Å². The van der Waals surface area contributed by atoms with E-state index >= 15 is 0 Å². The van der Waals surface area contributed by atoms with Gasteiger partial charge in [0.1, 0.15) is 5.82 Å². The number of benzene rings is 2. The summed E-state index contributed by atoms with van der Waals surface area (Å²) in [7, 11) is -3.71. The maximum atomic E-state index is 13.1. The number of rotatable bonds is 5. The molecule has 1 aliphatic rings. The van der Waals surface area contributed by atoms with E-state index in [0.29, 0.717) is 19.8 Å². The van der Waals surface area contributed by atoms with Gasteiger partial charge >= 0.3 is 0 Å². The van der Waals surface area contributed by atoms with E-state index < -0.39 is 15.8 Å². The van der Waals surface area contributed by atoms with Crippen LogP contribution in [0.15, 0.2) is 59.5 Å². The first-order valence-corrected chi connectivity index (χ1v) is 9.49. The second-order valence-corrected chi connectivity index (χ2v) is 7.75. The predicted octanol–water partition coefficient (Wildman–Crippen LogP) is 2.43. The summed E-state index contributed by atoms with van der Waals surface area (Å²) in [5.74, 6) is -0.470. The lowest BCUT2D eigenvalue weighted by Gasteiger charge is -2.23. The SMILES string of the molecule is O=S(=O)(c1ccc(F)cc1)N1CCOC[C@H](OCc2ccccc2)C1. The molecule has 7 heteroatoms. The van der Waals surface area contributed by atoms with Crippen molar-refractivity contribution in [3.8, 4) is 0 Å². The molecule has 3 rings (SSSR count). The van der Waals surface area contributed by atoms with Crippen LogP contribution in [0.25, 0.3) is 0 Å². The van der Waals surface area contributed by atoms with Crippen LogP contribution in [0.4, 0.5) is 4.39 Å². The van der Waals surface area contributed by atoms with Crippen molar-refractivity contribution in [1.82, 2.24) is 4.31 Å². The van der Waals surface area contributed by atoms with Crippen molar-refractivity contribution in [2.45, 2.75) is 17.6 Å². The van der Waals surface area contributed by atoms with Gasteiger partial charge in [0.15, 0.2) is 0 Å². The van der Waals surface area contributed by atoms with E-state index in [2.05, 4.69) is 0 Å². The lowest BCUT2D eigenvalue weighted by atomic mass is 10.2. The maximum Gasteiger partial charge on any atom is 0.243 e. The molecule has 0 bridgehead atoms. The Morgan fingerprint density at radius 1 is 1.12 bits per heavy atom. The second-order valence-electron chi connectivity index (χ2n) is 5.81. The predicted molar refractivity (Wildman–Crippen MR) is 91.0 cm³/mol. The van der Waals surface area contributed by atoms with Gasteiger partial charge in [-0.25, -0.2) is 12.8 Å². The van der Waals surface area contributed by atoms with E-state index in [0.717, 1.165) is 17.7 Å². The van der Waals surface area contributed by atoms with Gasteiger partial charge in [-0.3, -0.25) is 0 Å². The highest BCUT2D eigenvalue weighted by Crippen LogP contribution is 2.19. The van der Waals surface area contributed by atoms with Crippen molar-refractivity contribution in [3.05, 3.63) is 66.0 Å². The normalized spacial score (nSPS) is 19.5. The number of nitrogens with zero attached hydrogens (tertiary/aromatic N) is 1. The van der Waals surface area contributed by atoms with E-state index in [1.54, 1.807) is 0 Å². The van der Waals surface area contributed by atoms with E-state index in [4.69, 9.17) is 9.47 Å². The summed E-state index contributed by atoms with van der Waals surface area (Å²) in [6, 6.07) is 14.5. The highest BCUT2D eigenvalue weighted by Gasteiger charge is 2.29. The Bertz CT molecular complexity index is 780. The lowest BCUT2D eigenvalue weighted by molar-refractivity contribution is -0.0116. The van der Waals surface area contributed by atoms with Crippen LogP contribution < -0.4 is 0 Å². The first-order valence-electron chi connectivity index (χ1n) is 8.05. The van der Waals surface area contributed by atoms with Crippen LogP contribution in [0.3, 0.4) is 0 Å². The fraction of sp³-hybridized carbons (Fsp3) is 0.333. The molecular weight excluding hydrogens is 345 g/mol. The van der Waals surface area contributed by atoms with E-state index in [1.807, 2.05) is 30.3 Å². The Morgan fingerprint density at radius 3 is 2.56 bits per heavy atom. The van der Waals surface area contributed by atoms with Crippen molar-refractivity contribution in [1.29, 1.82) is 0 Å². The van der Waals surface area contributed by atoms with Crippen LogP contribution in [0.2, 0.25) is 0 Å². The van der Waals surface area contributed by atoms with Gasteiger partial charge in [0.2, 0.25) is 10.0 Å². The van der Waals surface area contributed by atoms with Gasteiger partial charge in [0.05, 0.1) is 30.8 Å². The van der Waals surface area contributed by atoms with Crippen LogP contribution in [0.1, 0.15) is 5.56 Å².